The van der Waals surface area contributed by atoms with E-state index in [1.807, 2.05) is 36.4 Å². The normalized spacial score (nSPS) is 11.7. The van der Waals surface area contributed by atoms with Crippen molar-refractivity contribution in [1.82, 2.24) is 29.9 Å². The van der Waals surface area contributed by atoms with E-state index in [2.05, 4.69) is 75.1 Å². The van der Waals surface area contributed by atoms with Gasteiger partial charge in [-0.1, -0.05) is 36.4 Å². The fourth-order valence-corrected chi connectivity index (χ4v) is 4.79. The molecule has 0 radical (unpaired) electrons. The highest BCUT2D eigenvalue weighted by molar-refractivity contribution is 14.1. The summed E-state index contributed by atoms with van der Waals surface area (Å²) in [4.78, 5) is 26.0. The number of hydrogen-bond acceptors (Lipinski definition) is 12. The highest BCUT2D eigenvalue weighted by Gasteiger charge is 2.18. The molecule has 3 heterocycles. The first kappa shape index (κ1) is 28.0. The summed E-state index contributed by atoms with van der Waals surface area (Å²) in [5, 5.41) is 0. The van der Waals surface area contributed by atoms with Crippen LogP contribution in [-0.4, -0.2) is 29.9 Å². The second kappa shape index (κ2) is 12.4. The molecule has 0 amide bonds. The van der Waals surface area contributed by atoms with Crippen molar-refractivity contribution < 1.29 is 28.4 Å². The smallest absolute Gasteiger partial charge is 0.331 e. The number of ether oxygens (including phenoxy) is 6. The molecule has 0 spiro atoms. The van der Waals surface area contributed by atoms with Crippen LogP contribution in [0.4, 0.5) is 0 Å². The van der Waals surface area contributed by atoms with Crippen molar-refractivity contribution in [3.63, 3.8) is 0 Å². The van der Waals surface area contributed by atoms with Crippen molar-refractivity contribution in [2.45, 2.75) is 0 Å². The highest BCUT2D eigenvalue weighted by atomic mass is 127. The van der Waals surface area contributed by atoms with Crippen LogP contribution < -0.4 is 28.4 Å². The Morgan fingerprint density at radius 3 is 1.09 bits per heavy atom. The minimum atomic E-state index is -0.0665. The van der Waals surface area contributed by atoms with Gasteiger partial charge in [0.15, 0.2) is 0 Å². The summed E-state index contributed by atoms with van der Waals surface area (Å²) in [6.07, 6.45) is 0. The van der Waals surface area contributed by atoms with Crippen LogP contribution in [0.1, 0.15) is 0 Å². The summed E-state index contributed by atoms with van der Waals surface area (Å²) >= 11 is 4.32. The molecule has 0 fully saturated rings. The van der Waals surface area contributed by atoms with Crippen molar-refractivity contribution in [3.05, 3.63) is 104 Å². The van der Waals surface area contributed by atoms with Gasteiger partial charge in [-0.15, -0.1) is 29.9 Å². The lowest BCUT2D eigenvalue weighted by molar-refractivity contribution is 0.351. The molecule has 14 heteroatoms. The van der Waals surface area contributed by atoms with E-state index in [0.29, 0.717) is 34.5 Å². The fourth-order valence-electron chi connectivity index (χ4n) is 3.79. The topological polar surface area (TPSA) is 133 Å². The third kappa shape index (κ3) is 6.70. The summed E-state index contributed by atoms with van der Waals surface area (Å²) < 4.78 is 37.6. The number of aromatic nitrogens is 6. The van der Waals surface area contributed by atoms with Gasteiger partial charge >= 0.3 is 36.1 Å². The molecule has 0 N–H and O–H groups in total. The molecular formula is C30H16I2N6O6. The van der Waals surface area contributed by atoms with Gasteiger partial charge in [0.1, 0.15) is 34.5 Å². The number of halogens is 2. The Kier molecular flexibility index (Phi) is 7.89. The van der Waals surface area contributed by atoms with E-state index >= 15 is 0 Å². The van der Waals surface area contributed by atoms with Crippen LogP contribution in [0.25, 0.3) is 0 Å². The Morgan fingerprint density at radius 2 is 0.750 bits per heavy atom. The predicted molar refractivity (Wildman–Crippen MR) is 171 cm³/mol. The standard InChI is InChI=1S/C30H16I2N6O6/c31-21-11-1-3-13-23(21)43-29-35-25-33-26(36-29)40-18-8-6-10-20(16-18)42-28-34-27(41-19-9-5-7-17(15-19)39-25)37-30(38-28)44-24-14-4-2-12-22(24)32/h1-16H. The number of benzene rings is 4. The van der Waals surface area contributed by atoms with Gasteiger partial charge in [-0.2, -0.15) is 0 Å². The van der Waals surface area contributed by atoms with Gasteiger partial charge in [0.25, 0.3) is 0 Å². The van der Waals surface area contributed by atoms with Gasteiger partial charge in [0, 0.05) is 12.1 Å². The fraction of sp³-hybridized carbons (Fsp3) is 0. The van der Waals surface area contributed by atoms with Gasteiger partial charge in [0.2, 0.25) is 0 Å². The Labute approximate surface area is 276 Å². The van der Waals surface area contributed by atoms with Crippen LogP contribution in [0, 0.1) is 7.14 Å². The second-order valence-corrected chi connectivity index (χ2v) is 11.1. The van der Waals surface area contributed by atoms with Crippen molar-refractivity contribution in [2.24, 2.45) is 0 Å². The van der Waals surface area contributed by atoms with Crippen molar-refractivity contribution in [1.29, 1.82) is 0 Å². The first-order valence-electron chi connectivity index (χ1n) is 12.8. The van der Waals surface area contributed by atoms with E-state index < -0.39 is 0 Å². The molecule has 0 aliphatic carbocycles. The van der Waals surface area contributed by atoms with Crippen LogP contribution >= 0.6 is 45.2 Å². The van der Waals surface area contributed by atoms with E-state index in [4.69, 9.17) is 28.4 Å². The number of para-hydroxylation sites is 2. The minimum Gasteiger partial charge on any atom is -0.424 e. The summed E-state index contributed by atoms with van der Waals surface area (Å²) in [5.41, 5.74) is 0. The Hall–Kier alpha value is -4.84. The minimum absolute atomic E-state index is 0.0248. The third-order valence-electron chi connectivity index (χ3n) is 5.67. The van der Waals surface area contributed by atoms with Crippen LogP contribution in [0.3, 0.4) is 0 Å². The van der Waals surface area contributed by atoms with E-state index in [9.17, 15) is 0 Å². The van der Waals surface area contributed by atoms with E-state index in [1.54, 1.807) is 60.7 Å². The summed E-state index contributed by atoms with van der Waals surface area (Å²) in [7, 11) is 0. The molecule has 216 valence electrons. The molecule has 8 bridgehead atoms. The Bertz CT molecular complexity index is 1780. The molecule has 1 aliphatic rings. The van der Waals surface area contributed by atoms with Crippen molar-refractivity contribution in [2.75, 3.05) is 0 Å². The quantitative estimate of drug-likeness (QED) is 0.158. The summed E-state index contributed by atoms with van der Waals surface area (Å²) in [5.74, 6) is 2.54. The average molecular weight is 810 g/mol. The molecule has 1 aliphatic heterocycles. The van der Waals surface area contributed by atoms with Crippen LogP contribution in [0.15, 0.2) is 97.1 Å². The molecule has 0 saturated heterocycles. The van der Waals surface area contributed by atoms with E-state index in [0.717, 1.165) is 7.14 Å². The van der Waals surface area contributed by atoms with Gasteiger partial charge < -0.3 is 28.4 Å². The lowest BCUT2D eigenvalue weighted by atomic mass is 10.3. The van der Waals surface area contributed by atoms with Gasteiger partial charge in [-0.25, -0.2) is 0 Å². The van der Waals surface area contributed by atoms with E-state index in [1.165, 1.54) is 0 Å². The van der Waals surface area contributed by atoms with Crippen molar-refractivity contribution in [3.8, 4) is 70.6 Å². The summed E-state index contributed by atoms with van der Waals surface area (Å²) in [6.45, 7) is 0. The molecule has 0 saturated carbocycles. The monoisotopic (exact) mass is 810 g/mol. The number of hydrogen-bond donors (Lipinski definition) is 0. The Morgan fingerprint density at radius 1 is 0.409 bits per heavy atom. The largest absolute Gasteiger partial charge is 0.424 e. The molecule has 0 unspecified atom stereocenters. The SMILES string of the molecule is Ic1ccccc1Oc1nc2nc(n1)Oc1cccc(c1)Oc1nc(nc(Oc3ccccc3I)n1)Oc1cccc(c1)O2. The molecule has 12 nitrogen and oxygen atoms in total. The predicted octanol–water partition coefficient (Wildman–Crippen LogP) is 8.33. The number of rotatable bonds is 4. The molecule has 0 atom stereocenters. The summed E-state index contributed by atoms with van der Waals surface area (Å²) in [6, 6.07) is 28.1. The van der Waals surface area contributed by atoms with Gasteiger partial charge in [-0.3, -0.25) is 0 Å². The maximum Gasteiger partial charge on any atom is 0.331 e. The maximum atomic E-state index is 5.99. The second-order valence-electron chi connectivity index (χ2n) is 8.79. The Balaban J connectivity index is 1.28. The van der Waals surface area contributed by atoms with Crippen molar-refractivity contribution >= 4 is 45.2 Å². The number of fused-ring (bicyclic) bond motifs is 8. The molecular weight excluding hydrogens is 794 g/mol. The zero-order chi connectivity index (χ0) is 29.9. The molecule has 4 aromatic carbocycles. The molecule has 6 aromatic rings. The van der Waals surface area contributed by atoms with Crippen LogP contribution in [-0.2, 0) is 0 Å². The zero-order valence-electron chi connectivity index (χ0n) is 22.1. The number of nitrogens with zero attached hydrogens (tertiary/aromatic N) is 6. The molecule has 44 heavy (non-hydrogen) atoms. The maximum absolute atomic E-state index is 5.99. The first-order valence-corrected chi connectivity index (χ1v) is 15.0. The van der Waals surface area contributed by atoms with Crippen LogP contribution in [0.5, 0.6) is 70.6 Å². The average Bonchev–Trinajstić information content (AvgIpc) is 2.99. The van der Waals surface area contributed by atoms with Gasteiger partial charge in [-0.05, 0) is 93.7 Å². The first-order chi connectivity index (χ1) is 21.5. The van der Waals surface area contributed by atoms with Crippen LogP contribution in [0.2, 0.25) is 0 Å². The zero-order valence-corrected chi connectivity index (χ0v) is 26.4. The lowest BCUT2D eigenvalue weighted by Crippen LogP contribution is -2.03. The highest BCUT2D eigenvalue weighted by Crippen LogP contribution is 2.34. The molecule has 7 rings (SSSR count). The van der Waals surface area contributed by atoms with Gasteiger partial charge in [0.05, 0.1) is 7.14 Å². The van der Waals surface area contributed by atoms with E-state index in [-0.39, 0.29) is 36.1 Å². The molecule has 2 aromatic heterocycles. The third-order valence-corrected chi connectivity index (χ3v) is 7.45. The lowest BCUT2D eigenvalue weighted by Gasteiger charge is -2.13.